The minimum atomic E-state index is -0.973. The van der Waals surface area contributed by atoms with Crippen molar-refractivity contribution in [3.63, 3.8) is 0 Å². The molecule has 0 aliphatic carbocycles. The Kier molecular flexibility index (Phi) is 10.6. The van der Waals surface area contributed by atoms with E-state index in [2.05, 4.69) is 16.9 Å². The highest BCUT2D eigenvalue weighted by Crippen LogP contribution is 2.34. The molecule has 2 heterocycles. The van der Waals surface area contributed by atoms with E-state index in [1.807, 2.05) is 37.3 Å². The lowest BCUT2D eigenvalue weighted by atomic mass is 9.93. The zero-order valence-corrected chi connectivity index (χ0v) is 24.2. The van der Waals surface area contributed by atoms with E-state index >= 15 is 0 Å². The molecular formula is C34H34F3N5O2. The fraction of sp³-hybridized carbons (Fsp3) is 0.206. The number of pyridine rings is 1. The molecule has 1 fully saturated rings. The third-order valence-corrected chi connectivity index (χ3v) is 7.29. The molecule has 3 atom stereocenters. The van der Waals surface area contributed by atoms with Gasteiger partial charge in [-0.2, -0.15) is 0 Å². The molecule has 1 aromatic heterocycles. The number of allylic oxidation sites excluding steroid dienone is 1. The van der Waals surface area contributed by atoms with Crippen LogP contribution < -0.4 is 16.9 Å². The maximum absolute atomic E-state index is 14.3. The highest BCUT2D eigenvalue weighted by Gasteiger charge is 2.36. The number of primary amides is 1. The van der Waals surface area contributed by atoms with Crippen LogP contribution in [0.15, 0.2) is 97.7 Å². The Morgan fingerprint density at radius 2 is 1.70 bits per heavy atom. The minimum Gasteiger partial charge on any atom is -0.366 e. The van der Waals surface area contributed by atoms with E-state index in [0.29, 0.717) is 29.7 Å². The molecule has 1 aliphatic heterocycles. The Bertz CT molecular complexity index is 1610. The lowest BCUT2D eigenvalue weighted by molar-refractivity contribution is -0.136. The van der Waals surface area contributed by atoms with E-state index < -0.39 is 41.3 Å². The normalized spacial score (nSPS) is 16.4. The SMILES string of the molecule is C=CC.NC(=O)c1cc(-c2cccnc2C(Cc2cc(F)cc(F)c2)N(N)C(=O)C2CCC(c3ccccc3)N2)ccc1F. The van der Waals surface area contributed by atoms with Crippen LogP contribution in [0.25, 0.3) is 11.1 Å². The Balaban J connectivity index is 0.00000141. The fourth-order valence-corrected chi connectivity index (χ4v) is 5.31. The summed E-state index contributed by atoms with van der Waals surface area (Å²) in [6.45, 7) is 5.25. The monoisotopic (exact) mass is 601 g/mol. The topological polar surface area (TPSA) is 114 Å². The first-order valence-corrected chi connectivity index (χ1v) is 14.1. The molecule has 3 unspecified atom stereocenters. The molecule has 1 saturated heterocycles. The maximum atomic E-state index is 14.3. The van der Waals surface area contributed by atoms with Crippen molar-refractivity contribution in [1.82, 2.24) is 15.3 Å². The van der Waals surface area contributed by atoms with Crippen LogP contribution in [0, 0.1) is 17.5 Å². The summed E-state index contributed by atoms with van der Waals surface area (Å²) in [5, 5.41) is 4.38. The summed E-state index contributed by atoms with van der Waals surface area (Å²) in [5.74, 6) is 2.81. The Morgan fingerprint density at radius 1 is 1.02 bits per heavy atom. The lowest BCUT2D eigenvalue weighted by Gasteiger charge is -2.31. The van der Waals surface area contributed by atoms with Gasteiger partial charge in [-0.3, -0.25) is 24.9 Å². The second-order valence-electron chi connectivity index (χ2n) is 10.4. The number of carbonyl (C=O) groups excluding carboxylic acids is 2. The van der Waals surface area contributed by atoms with Crippen LogP contribution in [0.4, 0.5) is 13.2 Å². The first-order chi connectivity index (χ1) is 21.1. The summed E-state index contributed by atoms with van der Waals surface area (Å²) in [7, 11) is 0. The van der Waals surface area contributed by atoms with Gasteiger partial charge in [-0.05, 0) is 66.8 Å². The number of amides is 2. The number of benzene rings is 3. The zero-order valence-electron chi connectivity index (χ0n) is 24.2. The number of nitrogens with two attached hydrogens (primary N) is 2. The van der Waals surface area contributed by atoms with Crippen LogP contribution in [0.1, 0.15) is 59.0 Å². The summed E-state index contributed by atoms with van der Waals surface area (Å²) >= 11 is 0. The molecular weight excluding hydrogens is 567 g/mol. The molecule has 10 heteroatoms. The maximum Gasteiger partial charge on any atom is 0.254 e. The van der Waals surface area contributed by atoms with E-state index in [4.69, 9.17) is 11.6 Å². The number of rotatable bonds is 8. The number of nitrogens with zero attached hydrogens (tertiary/aromatic N) is 2. The molecule has 228 valence electrons. The van der Waals surface area contributed by atoms with Gasteiger partial charge in [0.05, 0.1) is 23.3 Å². The Hall–Kier alpha value is -4.80. The number of hydrazine groups is 1. The molecule has 0 saturated carbocycles. The zero-order chi connectivity index (χ0) is 31.8. The molecule has 2 amide bonds. The van der Waals surface area contributed by atoms with E-state index in [-0.39, 0.29) is 23.6 Å². The van der Waals surface area contributed by atoms with Crippen molar-refractivity contribution >= 4 is 11.8 Å². The van der Waals surface area contributed by atoms with Gasteiger partial charge in [-0.1, -0.05) is 48.5 Å². The van der Waals surface area contributed by atoms with Crippen LogP contribution >= 0.6 is 0 Å². The van der Waals surface area contributed by atoms with E-state index in [0.717, 1.165) is 22.7 Å². The molecule has 3 aromatic carbocycles. The number of hydrogen-bond acceptors (Lipinski definition) is 5. The summed E-state index contributed by atoms with van der Waals surface area (Å²) < 4.78 is 42.5. The number of nitrogens with one attached hydrogen (secondary N) is 1. The molecule has 0 bridgehead atoms. The summed E-state index contributed by atoms with van der Waals surface area (Å²) in [6.07, 6.45) is 4.42. The average molecular weight is 602 g/mol. The van der Waals surface area contributed by atoms with Crippen molar-refractivity contribution in [3.05, 3.63) is 138 Å². The van der Waals surface area contributed by atoms with Crippen LogP contribution in [0.3, 0.4) is 0 Å². The average Bonchev–Trinajstić information content (AvgIpc) is 3.50. The van der Waals surface area contributed by atoms with E-state index in [1.165, 1.54) is 30.5 Å². The van der Waals surface area contributed by atoms with Gasteiger partial charge in [-0.15, -0.1) is 6.58 Å². The van der Waals surface area contributed by atoms with Gasteiger partial charge in [0.25, 0.3) is 11.8 Å². The third kappa shape index (κ3) is 7.58. The van der Waals surface area contributed by atoms with Gasteiger partial charge >= 0.3 is 0 Å². The van der Waals surface area contributed by atoms with Crippen LogP contribution in [0.5, 0.6) is 0 Å². The first-order valence-electron chi connectivity index (χ1n) is 14.1. The van der Waals surface area contributed by atoms with Crippen molar-refractivity contribution in [1.29, 1.82) is 0 Å². The number of hydrogen-bond donors (Lipinski definition) is 3. The first kappa shape index (κ1) is 32.1. The Labute approximate surface area is 254 Å². The fourth-order valence-electron chi connectivity index (χ4n) is 5.31. The van der Waals surface area contributed by atoms with E-state index in [1.54, 1.807) is 18.2 Å². The summed E-state index contributed by atoms with van der Waals surface area (Å²) in [4.78, 5) is 30.1. The van der Waals surface area contributed by atoms with Gasteiger partial charge in [0.1, 0.15) is 17.5 Å². The van der Waals surface area contributed by atoms with Crippen LogP contribution in [0.2, 0.25) is 0 Å². The number of carbonyl (C=O) groups is 2. The standard InChI is InChI=1S/C31H28F3N5O2.C3H6/c32-21-13-18(14-22(33)17-21)15-28(39(36)31(41)27-11-10-26(38-27)19-5-2-1-3-6-19)29-23(7-4-12-37-29)20-8-9-25(34)24(16-20)30(35)40;1-3-2/h1-9,12-14,16-17,26-28,38H,10-11,15,36H2,(H2,35,40);3H,1H2,2H3. The summed E-state index contributed by atoms with van der Waals surface area (Å²) in [6, 6.07) is 18.4. The van der Waals surface area contributed by atoms with Crippen LogP contribution in [-0.2, 0) is 11.2 Å². The van der Waals surface area contributed by atoms with Gasteiger partial charge in [0.2, 0.25) is 0 Å². The second-order valence-corrected chi connectivity index (χ2v) is 10.4. The predicted molar refractivity (Wildman–Crippen MR) is 163 cm³/mol. The number of halogens is 3. The molecule has 44 heavy (non-hydrogen) atoms. The summed E-state index contributed by atoms with van der Waals surface area (Å²) in [5.41, 5.74) is 7.49. The largest absolute Gasteiger partial charge is 0.366 e. The van der Waals surface area contributed by atoms with Crippen molar-refractivity contribution in [2.45, 2.75) is 44.3 Å². The van der Waals surface area contributed by atoms with Crippen molar-refractivity contribution < 1.29 is 22.8 Å². The van der Waals surface area contributed by atoms with Gasteiger partial charge in [0.15, 0.2) is 0 Å². The van der Waals surface area contributed by atoms with Gasteiger partial charge in [0, 0.05) is 30.3 Å². The Morgan fingerprint density at radius 3 is 2.36 bits per heavy atom. The molecule has 0 spiro atoms. The van der Waals surface area contributed by atoms with Crippen molar-refractivity contribution in [3.8, 4) is 11.1 Å². The molecule has 5 N–H and O–H groups in total. The molecule has 5 rings (SSSR count). The molecule has 0 radical (unpaired) electrons. The lowest BCUT2D eigenvalue weighted by Crippen LogP contribution is -2.50. The van der Waals surface area contributed by atoms with E-state index in [9.17, 15) is 22.8 Å². The van der Waals surface area contributed by atoms with Gasteiger partial charge in [-0.25, -0.2) is 19.0 Å². The second kappa shape index (κ2) is 14.6. The molecule has 4 aromatic rings. The predicted octanol–water partition coefficient (Wildman–Crippen LogP) is 5.94. The van der Waals surface area contributed by atoms with Gasteiger partial charge < -0.3 is 5.73 Å². The molecule has 1 aliphatic rings. The minimum absolute atomic E-state index is 0.0360. The number of aromatic nitrogens is 1. The third-order valence-electron chi connectivity index (χ3n) is 7.29. The highest BCUT2D eigenvalue weighted by molar-refractivity contribution is 5.94. The highest BCUT2D eigenvalue weighted by atomic mass is 19.1. The quantitative estimate of drug-likeness (QED) is 0.100. The van der Waals surface area contributed by atoms with Crippen molar-refractivity contribution in [2.75, 3.05) is 0 Å². The molecule has 7 nitrogen and oxygen atoms in total. The smallest absolute Gasteiger partial charge is 0.254 e. The van der Waals surface area contributed by atoms with Crippen molar-refractivity contribution in [2.24, 2.45) is 11.6 Å². The van der Waals surface area contributed by atoms with Crippen LogP contribution in [-0.4, -0.2) is 27.8 Å².